The number of aromatic nitrogens is 5. The van der Waals surface area contributed by atoms with Gasteiger partial charge in [0.1, 0.15) is 0 Å². The van der Waals surface area contributed by atoms with Crippen molar-refractivity contribution >= 4 is 11.9 Å². The lowest BCUT2D eigenvalue weighted by molar-refractivity contribution is 0.0674. The molecule has 4 rings (SSSR count). The number of amides is 1. The first kappa shape index (κ1) is 16.0. The summed E-state index contributed by atoms with van der Waals surface area (Å²) in [6.07, 6.45) is 3.72. The van der Waals surface area contributed by atoms with Gasteiger partial charge in [0.15, 0.2) is 11.5 Å². The molecule has 1 aliphatic heterocycles. The van der Waals surface area contributed by atoms with Gasteiger partial charge >= 0.3 is 5.97 Å². The SMILES string of the molecule is Cc1c(C(=O)N2CCc3[nH]nc(C(=O)O)c3C2)cnn1-c1ccccn1. The highest BCUT2D eigenvalue weighted by Crippen LogP contribution is 2.23. The molecule has 0 saturated heterocycles. The molecule has 9 heteroatoms. The fourth-order valence-corrected chi connectivity index (χ4v) is 3.15. The van der Waals surface area contributed by atoms with E-state index in [1.54, 1.807) is 15.8 Å². The molecular weight excluding hydrogens is 336 g/mol. The number of nitrogens with zero attached hydrogens (tertiary/aromatic N) is 5. The van der Waals surface area contributed by atoms with Gasteiger partial charge < -0.3 is 10.0 Å². The van der Waals surface area contributed by atoms with Crippen LogP contribution in [0.5, 0.6) is 0 Å². The van der Waals surface area contributed by atoms with Crippen molar-refractivity contribution in [2.24, 2.45) is 0 Å². The number of carbonyl (C=O) groups excluding carboxylic acids is 1. The Hall–Kier alpha value is -3.49. The summed E-state index contributed by atoms with van der Waals surface area (Å²) in [5.41, 5.74) is 2.46. The van der Waals surface area contributed by atoms with Gasteiger partial charge in [-0.25, -0.2) is 14.5 Å². The Kier molecular flexibility index (Phi) is 3.76. The minimum Gasteiger partial charge on any atom is -0.476 e. The molecule has 0 atom stereocenters. The lowest BCUT2D eigenvalue weighted by Gasteiger charge is -2.26. The molecule has 2 N–H and O–H groups in total. The molecule has 0 spiro atoms. The molecule has 9 nitrogen and oxygen atoms in total. The molecule has 0 fully saturated rings. The quantitative estimate of drug-likeness (QED) is 0.731. The largest absolute Gasteiger partial charge is 0.476 e. The van der Waals surface area contributed by atoms with Crippen LogP contribution in [0.1, 0.15) is 37.8 Å². The van der Waals surface area contributed by atoms with E-state index >= 15 is 0 Å². The summed E-state index contributed by atoms with van der Waals surface area (Å²) >= 11 is 0. The molecule has 1 aliphatic rings. The molecule has 0 unspecified atom stereocenters. The Morgan fingerprint density at radius 3 is 2.88 bits per heavy atom. The maximum Gasteiger partial charge on any atom is 0.356 e. The molecule has 0 aliphatic carbocycles. The highest BCUT2D eigenvalue weighted by atomic mass is 16.4. The van der Waals surface area contributed by atoms with Gasteiger partial charge in [0.2, 0.25) is 0 Å². The van der Waals surface area contributed by atoms with E-state index in [4.69, 9.17) is 0 Å². The Bertz CT molecular complexity index is 991. The fraction of sp³-hybridized carbons (Fsp3) is 0.235. The predicted molar refractivity (Wildman–Crippen MR) is 90.1 cm³/mol. The zero-order valence-corrected chi connectivity index (χ0v) is 14.0. The smallest absolute Gasteiger partial charge is 0.356 e. The standard InChI is InChI=1S/C17H16N6O3/c1-10-11(8-19-23(10)14-4-2-3-6-18-14)16(24)22-7-5-13-12(9-22)15(17(25)26)21-20-13/h2-4,6,8H,5,7,9H2,1H3,(H,20,21)(H,25,26). The summed E-state index contributed by atoms with van der Waals surface area (Å²) in [7, 11) is 0. The van der Waals surface area contributed by atoms with E-state index in [0.717, 1.165) is 5.69 Å². The van der Waals surface area contributed by atoms with Gasteiger partial charge in [0, 0.05) is 30.4 Å². The highest BCUT2D eigenvalue weighted by Gasteiger charge is 2.29. The number of nitrogens with one attached hydrogen (secondary N) is 1. The van der Waals surface area contributed by atoms with Crippen LogP contribution in [0.3, 0.4) is 0 Å². The van der Waals surface area contributed by atoms with Crippen LogP contribution in [-0.4, -0.2) is 53.4 Å². The zero-order chi connectivity index (χ0) is 18.3. The number of H-pyrrole nitrogens is 1. The number of aromatic amines is 1. The number of hydrogen-bond acceptors (Lipinski definition) is 5. The fourth-order valence-electron chi connectivity index (χ4n) is 3.15. The molecule has 4 heterocycles. The minimum atomic E-state index is -1.10. The average molecular weight is 352 g/mol. The van der Waals surface area contributed by atoms with Gasteiger partial charge in [-0.1, -0.05) is 6.07 Å². The monoisotopic (exact) mass is 352 g/mol. The molecule has 26 heavy (non-hydrogen) atoms. The van der Waals surface area contributed by atoms with E-state index in [9.17, 15) is 14.7 Å². The molecule has 132 valence electrons. The minimum absolute atomic E-state index is 0.0293. The summed E-state index contributed by atoms with van der Waals surface area (Å²) in [6, 6.07) is 5.47. The number of fused-ring (bicyclic) bond motifs is 1. The Labute approximate surface area is 148 Å². The number of pyridine rings is 1. The number of carboxylic acids is 1. The van der Waals surface area contributed by atoms with Crippen molar-refractivity contribution in [1.29, 1.82) is 0 Å². The third-order valence-electron chi connectivity index (χ3n) is 4.53. The highest BCUT2D eigenvalue weighted by molar-refractivity contribution is 5.95. The van der Waals surface area contributed by atoms with Crippen molar-refractivity contribution in [2.75, 3.05) is 6.54 Å². The van der Waals surface area contributed by atoms with E-state index in [1.807, 2.05) is 25.1 Å². The maximum atomic E-state index is 13.0. The first-order valence-corrected chi connectivity index (χ1v) is 8.11. The Morgan fingerprint density at radius 2 is 2.15 bits per heavy atom. The molecule has 0 saturated carbocycles. The molecular formula is C17H16N6O3. The number of carbonyl (C=O) groups is 2. The molecule has 0 bridgehead atoms. The van der Waals surface area contributed by atoms with E-state index in [2.05, 4.69) is 20.3 Å². The van der Waals surface area contributed by atoms with Crippen LogP contribution < -0.4 is 0 Å². The summed E-state index contributed by atoms with van der Waals surface area (Å²) in [5.74, 6) is -0.656. The van der Waals surface area contributed by atoms with Crippen molar-refractivity contribution in [1.82, 2.24) is 29.9 Å². The first-order valence-electron chi connectivity index (χ1n) is 8.11. The second-order valence-electron chi connectivity index (χ2n) is 6.05. The van der Waals surface area contributed by atoms with Crippen LogP contribution >= 0.6 is 0 Å². The molecule has 0 radical (unpaired) electrons. The Morgan fingerprint density at radius 1 is 1.31 bits per heavy atom. The first-order chi connectivity index (χ1) is 12.6. The summed E-state index contributed by atoms with van der Waals surface area (Å²) in [5, 5.41) is 20.1. The van der Waals surface area contributed by atoms with Crippen LogP contribution in [0.2, 0.25) is 0 Å². The third kappa shape index (κ3) is 2.53. The van der Waals surface area contributed by atoms with Crippen LogP contribution in [-0.2, 0) is 13.0 Å². The average Bonchev–Trinajstić information content (AvgIpc) is 3.25. The number of carboxylic acid groups (broad SMARTS) is 1. The summed E-state index contributed by atoms with van der Waals surface area (Å²) in [4.78, 5) is 30.1. The second-order valence-corrected chi connectivity index (χ2v) is 6.05. The Balaban J connectivity index is 1.62. The van der Waals surface area contributed by atoms with Crippen LogP contribution in [0.4, 0.5) is 0 Å². The normalized spacial score (nSPS) is 13.5. The van der Waals surface area contributed by atoms with Crippen molar-refractivity contribution < 1.29 is 14.7 Å². The van der Waals surface area contributed by atoms with E-state index in [0.29, 0.717) is 35.6 Å². The van der Waals surface area contributed by atoms with Crippen LogP contribution in [0.15, 0.2) is 30.6 Å². The van der Waals surface area contributed by atoms with E-state index in [1.165, 1.54) is 6.20 Å². The number of hydrogen-bond donors (Lipinski definition) is 2. The lowest BCUT2D eigenvalue weighted by atomic mass is 10.0. The molecule has 0 aromatic carbocycles. The van der Waals surface area contributed by atoms with Gasteiger partial charge in [-0.15, -0.1) is 0 Å². The van der Waals surface area contributed by atoms with Crippen LogP contribution in [0.25, 0.3) is 5.82 Å². The summed E-state index contributed by atoms with van der Waals surface area (Å²) < 4.78 is 1.61. The third-order valence-corrected chi connectivity index (χ3v) is 4.53. The van der Waals surface area contributed by atoms with Crippen molar-refractivity contribution in [2.45, 2.75) is 19.9 Å². The predicted octanol–water partition coefficient (Wildman–Crippen LogP) is 1.20. The van der Waals surface area contributed by atoms with E-state index < -0.39 is 5.97 Å². The van der Waals surface area contributed by atoms with Crippen molar-refractivity contribution in [3.8, 4) is 5.82 Å². The number of aromatic carboxylic acids is 1. The zero-order valence-electron chi connectivity index (χ0n) is 14.0. The molecule has 1 amide bonds. The number of rotatable bonds is 3. The van der Waals surface area contributed by atoms with Gasteiger partial charge in [-0.3, -0.25) is 9.89 Å². The maximum absolute atomic E-state index is 13.0. The molecule has 3 aromatic heterocycles. The topological polar surface area (TPSA) is 117 Å². The van der Waals surface area contributed by atoms with E-state index in [-0.39, 0.29) is 18.1 Å². The summed E-state index contributed by atoms with van der Waals surface area (Å²) in [6.45, 7) is 2.51. The van der Waals surface area contributed by atoms with Gasteiger partial charge in [-0.2, -0.15) is 10.2 Å². The van der Waals surface area contributed by atoms with Crippen molar-refractivity contribution in [3.05, 3.63) is 58.8 Å². The van der Waals surface area contributed by atoms with Crippen LogP contribution in [0, 0.1) is 6.92 Å². The van der Waals surface area contributed by atoms with Gasteiger partial charge in [0.25, 0.3) is 5.91 Å². The second kappa shape index (κ2) is 6.10. The van der Waals surface area contributed by atoms with Crippen molar-refractivity contribution in [3.63, 3.8) is 0 Å². The van der Waals surface area contributed by atoms with Gasteiger partial charge in [-0.05, 0) is 19.1 Å². The lowest BCUT2D eigenvalue weighted by Crippen LogP contribution is -2.36. The van der Waals surface area contributed by atoms with Gasteiger partial charge in [0.05, 0.1) is 24.0 Å². The molecule has 3 aromatic rings.